The van der Waals surface area contributed by atoms with Crippen molar-refractivity contribution in [3.05, 3.63) is 29.6 Å². The molecule has 2 atom stereocenters. The van der Waals surface area contributed by atoms with Gasteiger partial charge in [0, 0.05) is 31.6 Å². The molecule has 0 saturated carbocycles. The fraction of sp³-hybridized carbons (Fsp3) is 0.600. The van der Waals surface area contributed by atoms with E-state index in [1.807, 2.05) is 20.8 Å². The molecule has 0 aromatic heterocycles. The first kappa shape index (κ1) is 14.3. The number of fused-ring (bicyclic) bond motifs is 1. The van der Waals surface area contributed by atoms with E-state index in [2.05, 4.69) is 0 Å². The van der Waals surface area contributed by atoms with E-state index in [-0.39, 0.29) is 17.5 Å². The number of hydrogen-bond acceptors (Lipinski definition) is 3. The van der Waals surface area contributed by atoms with E-state index in [0.29, 0.717) is 12.2 Å². The van der Waals surface area contributed by atoms with Crippen LogP contribution in [0.1, 0.15) is 45.2 Å². The highest BCUT2D eigenvalue weighted by Gasteiger charge is 2.40. The minimum atomic E-state index is -0.399. The second-order valence-electron chi connectivity index (χ2n) is 6.19. The molecule has 0 aliphatic carbocycles. The summed E-state index contributed by atoms with van der Waals surface area (Å²) in [5, 5.41) is 0. The van der Waals surface area contributed by atoms with E-state index in [4.69, 9.17) is 15.2 Å². The van der Waals surface area contributed by atoms with Crippen LogP contribution < -0.4 is 10.5 Å². The topological polar surface area (TPSA) is 44.5 Å². The van der Waals surface area contributed by atoms with Gasteiger partial charge in [-0.3, -0.25) is 0 Å². The summed E-state index contributed by atoms with van der Waals surface area (Å²) in [6.45, 7) is 6.07. The highest BCUT2D eigenvalue weighted by Crippen LogP contribution is 2.42. The van der Waals surface area contributed by atoms with Gasteiger partial charge in [0.05, 0.1) is 5.60 Å². The van der Waals surface area contributed by atoms with Crippen LogP contribution >= 0.6 is 0 Å². The standard InChI is InChI=1S/C15H22FNO2/c1-14(2,18-4)9-15(3)8-12(17)11-7-10(16)5-6-13(11)19-15/h5-7,12H,8-9,17H2,1-4H3/t12-,15?/m0/s1. The van der Waals surface area contributed by atoms with Gasteiger partial charge in [-0.1, -0.05) is 0 Å². The van der Waals surface area contributed by atoms with Crippen LogP contribution in [-0.2, 0) is 4.74 Å². The van der Waals surface area contributed by atoms with Crippen molar-refractivity contribution in [2.45, 2.75) is 50.9 Å². The normalized spacial score (nSPS) is 26.7. The summed E-state index contributed by atoms with van der Waals surface area (Å²) in [4.78, 5) is 0. The van der Waals surface area contributed by atoms with Gasteiger partial charge in [0.25, 0.3) is 0 Å². The summed E-state index contributed by atoms with van der Waals surface area (Å²) in [5.41, 5.74) is 6.22. The molecular weight excluding hydrogens is 245 g/mol. The van der Waals surface area contributed by atoms with Crippen molar-refractivity contribution in [1.29, 1.82) is 0 Å². The summed E-state index contributed by atoms with van der Waals surface area (Å²) >= 11 is 0. The van der Waals surface area contributed by atoms with Crippen molar-refractivity contribution in [3.63, 3.8) is 0 Å². The van der Waals surface area contributed by atoms with Crippen LogP contribution in [0, 0.1) is 5.82 Å². The molecule has 19 heavy (non-hydrogen) atoms. The average Bonchev–Trinajstić information content (AvgIpc) is 2.29. The molecule has 0 fully saturated rings. The Morgan fingerprint density at radius 2 is 2.21 bits per heavy atom. The van der Waals surface area contributed by atoms with Gasteiger partial charge in [0.15, 0.2) is 0 Å². The van der Waals surface area contributed by atoms with Gasteiger partial charge in [-0.2, -0.15) is 0 Å². The fourth-order valence-electron chi connectivity index (χ4n) is 2.87. The molecule has 0 amide bonds. The molecule has 0 spiro atoms. The summed E-state index contributed by atoms with van der Waals surface area (Å²) in [6.07, 6.45) is 1.37. The summed E-state index contributed by atoms with van der Waals surface area (Å²) in [7, 11) is 1.69. The zero-order valence-corrected chi connectivity index (χ0v) is 12.0. The van der Waals surface area contributed by atoms with Gasteiger partial charge >= 0.3 is 0 Å². The molecule has 2 N–H and O–H groups in total. The Kier molecular flexibility index (Phi) is 3.58. The fourth-order valence-corrected chi connectivity index (χ4v) is 2.87. The van der Waals surface area contributed by atoms with Crippen molar-refractivity contribution < 1.29 is 13.9 Å². The van der Waals surface area contributed by atoms with Crippen LogP contribution in [-0.4, -0.2) is 18.3 Å². The number of rotatable bonds is 3. The van der Waals surface area contributed by atoms with E-state index < -0.39 is 5.60 Å². The van der Waals surface area contributed by atoms with Crippen molar-refractivity contribution >= 4 is 0 Å². The summed E-state index contributed by atoms with van der Waals surface area (Å²) in [5.74, 6) is 0.396. The number of hydrogen-bond donors (Lipinski definition) is 1. The first-order chi connectivity index (χ1) is 8.75. The van der Waals surface area contributed by atoms with E-state index in [0.717, 1.165) is 12.0 Å². The van der Waals surface area contributed by atoms with Crippen molar-refractivity contribution in [3.8, 4) is 5.75 Å². The molecule has 2 rings (SSSR count). The van der Waals surface area contributed by atoms with Gasteiger partial charge in [-0.05, 0) is 39.0 Å². The van der Waals surface area contributed by atoms with Crippen molar-refractivity contribution in [2.75, 3.05) is 7.11 Å². The third-order valence-corrected chi connectivity index (χ3v) is 3.73. The van der Waals surface area contributed by atoms with E-state index >= 15 is 0 Å². The van der Waals surface area contributed by atoms with Crippen molar-refractivity contribution in [1.82, 2.24) is 0 Å². The number of methoxy groups -OCH3 is 1. The van der Waals surface area contributed by atoms with Gasteiger partial charge < -0.3 is 15.2 Å². The maximum absolute atomic E-state index is 13.3. The monoisotopic (exact) mass is 267 g/mol. The van der Waals surface area contributed by atoms with Crippen LogP contribution in [0.2, 0.25) is 0 Å². The van der Waals surface area contributed by atoms with E-state index in [9.17, 15) is 4.39 Å². The Hall–Kier alpha value is -1.13. The highest BCUT2D eigenvalue weighted by atomic mass is 19.1. The molecule has 0 saturated heterocycles. The van der Waals surface area contributed by atoms with Crippen LogP contribution in [0.5, 0.6) is 5.75 Å². The number of nitrogens with two attached hydrogens (primary N) is 1. The summed E-state index contributed by atoms with van der Waals surface area (Å²) < 4.78 is 24.8. The predicted octanol–water partition coefficient (Wildman–Crippen LogP) is 3.18. The largest absolute Gasteiger partial charge is 0.487 e. The molecule has 0 radical (unpaired) electrons. The van der Waals surface area contributed by atoms with Gasteiger partial charge in [-0.15, -0.1) is 0 Å². The van der Waals surface area contributed by atoms with Crippen LogP contribution in [0.15, 0.2) is 18.2 Å². The molecule has 1 aromatic carbocycles. The molecular formula is C15H22FNO2. The Morgan fingerprint density at radius 3 is 2.84 bits per heavy atom. The molecule has 0 bridgehead atoms. The second-order valence-corrected chi connectivity index (χ2v) is 6.19. The Bertz CT molecular complexity index is 475. The molecule has 1 unspecified atom stereocenters. The maximum Gasteiger partial charge on any atom is 0.125 e. The van der Waals surface area contributed by atoms with Gasteiger partial charge in [0.2, 0.25) is 0 Å². The smallest absolute Gasteiger partial charge is 0.125 e. The lowest BCUT2D eigenvalue weighted by molar-refractivity contribution is -0.0580. The number of halogens is 1. The van der Waals surface area contributed by atoms with E-state index in [1.165, 1.54) is 12.1 Å². The Balaban J connectivity index is 2.27. The first-order valence-electron chi connectivity index (χ1n) is 6.54. The Morgan fingerprint density at radius 1 is 1.53 bits per heavy atom. The van der Waals surface area contributed by atoms with E-state index in [1.54, 1.807) is 13.2 Å². The summed E-state index contributed by atoms with van der Waals surface area (Å²) in [6, 6.07) is 4.30. The van der Waals surface area contributed by atoms with Gasteiger partial charge in [-0.25, -0.2) is 4.39 Å². The second kappa shape index (κ2) is 4.76. The molecule has 4 heteroatoms. The lowest BCUT2D eigenvalue weighted by Gasteiger charge is -2.42. The van der Waals surface area contributed by atoms with Crippen LogP contribution in [0.3, 0.4) is 0 Å². The van der Waals surface area contributed by atoms with Crippen molar-refractivity contribution in [2.24, 2.45) is 5.73 Å². The molecule has 3 nitrogen and oxygen atoms in total. The SMILES string of the molecule is COC(C)(C)CC1(C)C[C@H](N)c2cc(F)ccc2O1. The highest BCUT2D eigenvalue weighted by molar-refractivity contribution is 5.39. The molecule has 1 heterocycles. The molecule has 1 aromatic rings. The zero-order valence-electron chi connectivity index (χ0n) is 12.0. The minimum Gasteiger partial charge on any atom is -0.487 e. The quantitative estimate of drug-likeness (QED) is 0.914. The lowest BCUT2D eigenvalue weighted by Crippen LogP contribution is -2.46. The third-order valence-electron chi connectivity index (χ3n) is 3.73. The lowest BCUT2D eigenvalue weighted by atomic mass is 9.82. The number of ether oxygens (including phenoxy) is 2. The average molecular weight is 267 g/mol. The molecule has 106 valence electrons. The van der Waals surface area contributed by atoms with Crippen LogP contribution in [0.25, 0.3) is 0 Å². The third kappa shape index (κ3) is 3.07. The molecule has 1 aliphatic heterocycles. The Labute approximate surface area is 113 Å². The predicted molar refractivity (Wildman–Crippen MR) is 72.7 cm³/mol. The zero-order chi connectivity index (χ0) is 14.3. The first-order valence-corrected chi connectivity index (χ1v) is 6.54. The molecule has 1 aliphatic rings. The van der Waals surface area contributed by atoms with Crippen LogP contribution in [0.4, 0.5) is 4.39 Å². The minimum absolute atomic E-state index is 0.211. The maximum atomic E-state index is 13.3. The number of benzene rings is 1. The van der Waals surface area contributed by atoms with Gasteiger partial charge in [0.1, 0.15) is 17.2 Å².